The van der Waals surface area contributed by atoms with Crippen LogP contribution in [0.3, 0.4) is 0 Å². The first-order valence-electron chi connectivity index (χ1n) is 32.9. The number of hydrogen-bond acceptors (Lipinski definition) is 8. The third-order valence-corrected chi connectivity index (χ3v) is 14.0. The molecule has 0 saturated heterocycles. The highest BCUT2D eigenvalue weighted by Crippen LogP contribution is 2.43. The summed E-state index contributed by atoms with van der Waals surface area (Å²) in [5, 5.41) is 0. The normalized spacial score (nSPS) is 14.3. The summed E-state index contributed by atoms with van der Waals surface area (Å²) in [6, 6.07) is 0. The minimum Gasteiger partial charge on any atom is -0.462 e. The summed E-state index contributed by atoms with van der Waals surface area (Å²) in [4.78, 5) is 35.3. The summed E-state index contributed by atoms with van der Waals surface area (Å²) in [6.07, 6.45) is 104. The molecule has 0 aliphatic carbocycles. The van der Waals surface area contributed by atoms with Gasteiger partial charge in [0.2, 0.25) is 0 Å². The second-order valence-corrected chi connectivity index (χ2v) is 22.3. The summed E-state index contributed by atoms with van der Waals surface area (Å²) in [7, 11) is -4.42. The van der Waals surface area contributed by atoms with Crippen LogP contribution in [0.25, 0.3) is 0 Å². The van der Waals surface area contributed by atoms with Gasteiger partial charge in [-0.25, -0.2) is 4.57 Å². The molecule has 0 aromatic rings. The zero-order valence-electron chi connectivity index (χ0n) is 53.3. The maximum atomic E-state index is 12.7. The molecule has 0 aromatic carbocycles. The van der Waals surface area contributed by atoms with Crippen molar-refractivity contribution in [1.82, 2.24) is 0 Å². The number of ether oxygens (including phenoxy) is 2. The molecule has 476 valence electrons. The number of carbonyl (C=O) groups excluding carboxylic acids is 2. The molecule has 2 unspecified atom stereocenters. The third kappa shape index (κ3) is 67.8. The van der Waals surface area contributed by atoms with E-state index in [-0.39, 0.29) is 32.6 Å². The molecule has 0 saturated carbocycles. The number of nitrogens with two attached hydrogens (primary N) is 1. The van der Waals surface area contributed by atoms with Crippen LogP contribution in [-0.2, 0) is 32.7 Å². The fourth-order valence-corrected chi connectivity index (χ4v) is 8.96. The van der Waals surface area contributed by atoms with Gasteiger partial charge in [-0.1, -0.05) is 272 Å². The predicted octanol–water partition coefficient (Wildman–Crippen LogP) is 21.7. The van der Waals surface area contributed by atoms with E-state index in [1.54, 1.807) is 0 Å². The van der Waals surface area contributed by atoms with Gasteiger partial charge < -0.3 is 20.1 Å². The van der Waals surface area contributed by atoms with Gasteiger partial charge in [-0.05, 0) is 141 Å². The van der Waals surface area contributed by atoms with Gasteiger partial charge >= 0.3 is 19.8 Å². The Morgan fingerprint density at radius 1 is 0.353 bits per heavy atom. The fraction of sp³-hybridized carbons (Fsp3) is 0.547. The predicted molar refractivity (Wildman–Crippen MR) is 366 cm³/mol. The first kappa shape index (κ1) is 79.8. The zero-order chi connectivity index (χ0) is 61.6. The van der Waals surface area contributed by atoms with E-state index >= 15 is 0 Å². The molecule has 3 N–H and O–H groups in total. The smallest absolute Gasteiger partial charge is 0.462 e. The number of rotatable bonds is 59. The van der Waals surface area contributed by atoms with Crippen molar-refractivity contribution in [1.29, 1.82) is 0 Å². The second-order valence-electron chi connectivity index (χ2n) is 20.9. The Hall–Kier alpha value is -5.15. The van der Waals surface area contributed by atoms with Gasteiger partial charge in [-0.2, -0.15) is 0 Å². The number of carbonyl (C=O) groups is 2. The van der Waals surface area contributed by atoms with E-state index in [2.05, 4.69) is 208 Å². The van der Waals surface area contributed by atoms with Crippen molar-refractivity contribution in [2.75, 3.05) is 26.4 Å². The van der Waals surface area contributed by atoms with Gasteiger partial charge in [0.15, 0.2) is 6.10 Å². The van der Waals surface area contributed by atoms with Crippen LogP contribution in [0.5, 0.6) is 0 Å². The highest BCUT2D eigenvalue weighted by molar-refractivity contribution is 7.47. The Kier molecular flexibility index (Phi) is 63.9. The van der Waals surface area contributed by atoms with Crippen LogP contribution in [0, 0.1) is 0 Å². The molecule has 0 spiro atoms. The number of hydrogen-bond donors (Lipinski definition) is 2. The molecule has 2 atom stereocenters. The Labute approximate surface area is 519 Å². The molecule has 0 aliphatic rings. The van der Waals surface area contributed by atoms with Crippen molar-refractivity contribution in [3.8, 4) is 0 Å². The quantitative estimate of drug-likeness (QED) is 0.0264. The maximum absolute atomic E-state index is 12.7. The molecule has 0 aliphatic heterocycles. The van der Waals surface area contributed by atoms with E-state index < -0.39 is 32.5 Å². The topological polar surface area (TPSA) is 134 Å². The van der Waals surface area contributed by atoms with Crippen molar-refractivity contribution in [2.45, 2.75) is 238 Å². The number of unbranched alkanes of at least 4 members (excludes halogenated alkanes) is 14. The van der Waals surface area contributed by atoms with Gasteiger partial charge in [0.25, 0.3) is 0 Å². The molecule has 0 fully saturated rings. The Morgan fingerprint density at radius 2 is 0.612 bits per heavy atom. The lowest BCUT2D eigenvalue weighted by molar-refractivity contribution is -0.161. The van der Waals surface area contributed by atoms with Crippen molar-refractivity contribution in [2.24, 2.45) is 5.73 Å². The zero-order valence-corrected chi connectivity index (χ0v) is 54.1. The van der Waals surface area contributed by atoms with Crippen LogP contribution in [0.2, 0.25) is 0 Å². The Balaban J connectivity index is 4.08. The minimum atomic E-state index is -4.42. The minimum absolute atomic E-state index is 0.0374. The molecule has 9 nitrogen and oxygen atoms in total. The van der Waals surface area contributed by atoms with Gasteiger partial charge in [0.05, 0.1) is 13.2 Å². The third-order valence-electron chi connectivity index (χ3n) is 13.0. The molecule has 0 bridgehead atoms. The van der Waals surface area contributed by atoms with Crippen LogP contribution in [0.1, 0.15) is 232 Å². The van der Waals surface area contributed by atoms with Gasteiger partial charge in [0.1, 0.15) is 6.61 Å². The first-order chi connectivity index (χ1) is 41.8. The largest absolute Gasteiger partial charge is 0.472 e. The number of phosphoric acid groups is 1. The summed E-state index contributed by atoms with van der Waals surface area (Å²) in [5.74, 6) is -0.877. The van der Waals surface area contributed by atoms with Crippen molar-refractivity contribution in [3.05, 3.63) is 194 Å². The molecule has 0 aromatic heterocycles. The Morgan fingerprint density at radius 3 is 0.906 bits per heavy atom. The highest BCUT2D eigenvalue weighted by atomic mass is 31.2. The van der Waals surface area contributed by atoms with Gasteiger partial charge in [-0.15, -0.1) is 0 Å². The van der Waals surface area contributed by atoms with Gasteiger partial charge in [0, 0.05) is 19.4 Å². The van der Waals surface area contributed by atoms with Crippen LogP contribution >= 0.6 is 7.82 Å². The average molecular weight is 1190 g/mol. The van der Waals surface area contributed by atoms with Gasteiger partial charge in [-0.3, -0.25) is 18.6 Å². The lowest BCUT2D eigenvalue weighted by atomic mass is 10.1. The summed E-state index contributed by atoms with van der Waals surface area (Å²) < 4.78 is 33.1. The van der Waals surface area contributed by atoms with E-state index in [0.29, 0.717) is 12.8 Å². The van der Waals surface area contributed by atoms with E-state index in [0.717, 1.165) is 154 Å². The first-order valence-corrected chi connectivity index (χ1v) is 34.4. The fourth-order valence-electron chi connectivity index (χ4n) is 8.20. The number of allylic oxidation sites excluding steroid dienone is 32. The molecule has 10 heteroatoms. The summed E-state index contributed by atoms with van der Waals surface area (Å²) in [6.45, 7) is 3.46. The molecular formula is C75H118NO8P. The number of esters is 2. The van der Waals surface area contributed by atoms with Crippen LogP contribution < -0.4 is 5.73 Å². The summed E-state index contributed by atoms with van der Waals surface area (Å²) in [5.41, 5.74) is 5.39. The lowest BCUT2D eigenvalue weighted by Gasteiger charge is -2.19. The van der Waals surface area contributed by atoms with Crippen LogP contribution in [0.4, 0.5) is 0 Å². The monoisotopic (exact) mass is 1190 g/mol. The molecular weight excluding hydrogens is 1070 g/mol. The molecule has 0 amide bonds. The SMILES string of the molecule is CC/C=C\C/C=C\C/C=C\C/C=C\C/C=C\C/C=C\C/C=C\C/C=C\C/C=C\C/C=C\CCCCCCC(=O)OC(COC(=O)CCCCCCCCCCCC/C=C\C/C=C\C/C=C\C/C=C\C/C=C\C/C=C\CC)COP(=O)(O)OCCN. The van der Waals surface area contributed by atoms with E-state index in [9.17, 15) is 19.0 Å². The molecule has 0 radical (unpaired) electrons. The van der Waals surface area contributed by atoms with Crippen molar-refractivity contribution in [3.63, 3.8) is 0 Å². The highest BCUT2D eigenvalue weighted by Gasteiger charge is 2.26. The molecule has 0 rings (SSSR count). The lowest BCUT2D eigenvalue weighted by Crippen LogP contribution is -2.29. The van der Waals surface area contributed by atoms with Crippen LogP contribution in [0.15, 0.2) is 194 Å². The second kappa shape index (κ2) is 68.0. The van der Waals surface area contributed by atoms with Crippen molar-refractivity contribution >= 4 is 19.8 Å². The number of phosphoric ester groups is 1. The molecule has 85 heavy (non-hydrogen) atoms. The van der Waals surface area contributed by atoms with Crippen molar-refractivity contribution < 1.29 is 37.6 Å². The van der Waals surface area contributed by atoms with E-state index in [1.807, 2.05) is 0 Å². The standard InChI is InChI=1S/C75H118NO8P/c1-3-5-7-9-11-13-15-17-19-21-23-25-27-29-31-33-34-35-36-37-38-40-42-44-46-48-50-52-54-56-58-60-62-64-66-68-75(78)84-73(72-83-85(79,80)82-70-69-76)71-81-74(77)67-65-63-61-59-57-55-53-51-49-47-45-43-41-39-32-30-28-26-24-22-20-18-16-14-12-10-8-6-4-2/h5-8,11-14,17-20,23-26,29-32,34-35,37-38,41-44,48,50,54,56,73H,3-4,9-10,15-16,21-22,27-28,33,36,39-40,45-47,49,51-53,55,57-72,76H2,1-2H3,(H,79,80)/b7-5-,8-6-,13-11-,14-12-,19-17-,20-18-,25-23-,26-24-,31-29-,32-30-,35-34-,38-37-,43-41-,44-42-,50-48-,56-54-. The van der Waals surface area contributed by atoms with E-state index in [4.69, 9.17) is 24.3 Å². The average Bonchev–Trinajstić information content (AvgIpc) is 3.52. The summed E-state index contributed by atoms with van der Waals surface area (Å²) >= 11 is 0. The molecule has 0 heterocycles. The maximum Gasteiger partial charge on any atom is 0.472 e. The van der Waals surface area contributed by atoms with Crippen LogP contribution in [-0.4, -0.2) is 49.3 Å². The van der Waals surface area contributed by atoms with E-state index in [1.165, 1.54) is 38.5 Å². The Bertz CT molecular complexity index is 2090.